The van der Waals surface area contributed by atoms with Gasteiger partial charge in [0.25, 0.3) is 0 Å². The Balaban J connectivity index is 1.54. The Labute approximate surface area is 298 Å². The van der Waals surface area contributed by atoms with Crippen molar-refractivity contribution in [2.24, 2.45) is 50.7 Å². The van der Waals surface area contributed by atoms with E-state index in [0.29, 0.717) is 19.3 Å². The lowest BCUT2D eigenvalue weighted by atomic mass is 9.37. The van der Waals surface area contributed by atoms with Gasteiger partial charge in [-0.05, 0) is 100 Å². The minimum atomic E-state index is -1.29. The standard InChI is InChI=1S/C41H60O9/c1-9-12-32(44)48-23-40(8)29-18-17-26-25(38(29,6)20-19-30(40)42)15-16-27-28-21-37(4,5)36(50-34(46)14-11-3)35(47)41(28,24-49-33(45)13-10-2)31(43)22-39(26,27)7/h9-14,16,25-26,28-31,35-36,42-43,47H,15,17-24H2,1-8H3/b12-9+,13-10+,14-11+/t25?,26?,28?,29?,30-,31+,35-,36-,38+,39-,40+,41-/m0/s1. The number of ether oxygens (including phenoxy) is 3. The molecule has 5 aliphatic carbocycles. The third kappa shape index (κ3) is 6.13. The van der Waals surface area contributed by atoms with Crippen molar-refractivity contribution < 1.29 is 43.9 Å². The second kappa shape index (κ2) is 14.0. The lowest BCUT2D eigenvalue weighted by Crippen LogP contribution is -2.70. The minimum Gasteiger partial charge on any atom is -0.462 e. The van der Waals surface area contributed by atoms with E-state index >= 15 is 0 Å². The predicted molar refractivity (Wildman–Crippen MR) is 189 cm³/mol. The van der Waals surface area contributed by atoms with Crippen LogP contribution in [0.25, 0.3) is 0 Å². The molecule has 0 aromatic heterocycles. The molecular weight excluding hydrogens is 636 g/mol. The first-order chi connectivity index (χ1) is 23.5. The van der Waals surface area contributed by atoms with Crippen molar-refractivity contribution in [3.8, 4) is 0 Å². The maximum absolute atomic E-state index is 12.8. The largest absolute Gasteiger partial charge is 0.462 e. The second-order valence-electron chi connectivity index (χ2n) is 17.3. The quantitative estimate of drug-likeness (QED) is 0.120. The molecule has 0 aromatic carbocycles. The summed E-state index contributed by atoms with van der Waals surface area (Å²) >= 11 is 0. The molecule has 0 amide bonds. The summed E-state index contributed by atoms with van der Waals surface area (Å²) < 4.78 is 17.4. The number of hydrogen-bond acceptors (Lipinski definition) is 9. The number of carbonyl (C=O) groups excluding carboxylic acids is 3. The summed E-state index contributed by atoms with van der Waals surface area (Å²) in [7, 11) is 0. The molecule has 0 spiro atoms. The van der Waals surface area contributed by atoms with Gasteiger partial charge in [-0.15, -0.1) is 0 Å². The molecule has 278 valence electrons. The Morgan fingerprint density at radius 2 is 1.38 bits per heavy atom. The van der Waals surface area contributed by atoms with Gasteiger partial charge in [0.1, 0.15) is 18.8 Å². The molecule has 0 heterocycles. The van der Waals surface area contributed by atoms with E-state index < -0.39 is 64.0 Å². The fourth-order valence-corrected chi connectivity index (χ4v) is 11.7. The maximum Gasteiger partial charge on any atom is 0.330 e. The summed E-state index contributed by atoms with van der Waals surface area (Å²) in [6, 6.07) is 0. The van der Waals surface area contributed by atoms with Crippen LogP contribution < -0.4 is 0 Å². The van der Waals surface area contributed by atoms with Crippen molar-refractivity contribution in [2.75, 3.05) is 13.2 Å². The van der Waals surface area contributed by atoms with Gasteiger partial charge in [0.2, 0.25) is 0 Å². The topological polar surface area (TPSA) is 140 Å². The molecule has 9 heteroatoms. The molecule has 50 heavy (non-hydrogen) atoms. The summed E-state index contributed by atoms with van der Waals surface area (Å²) in [6.45, 7) is 15.9. The summed E-state index contributed by atoms with van der Waals surface area (Å²) in [5.41, 5.74) is -1.85. The zero-order chi connectivity index (χ0) is 36.9. The zero-order valence-corrected chi connectivity index (χ0v) is 31.3. The van der Waals surface area contributed by atoms with Gasteiger partial charge in [0.05, 0.1) is 24.2 Å². The van der Waals surface area contributed by atoms with Gasteiger partial charge in [0.15, 0.2) is 0 Å². The molecule has 4 fully saturated rings. The highest BCUT2D eigenvalue weighted by molar-refractivity contribution is 5.82. The lowest BCUT2D eigenvalue weighted by molar-refractivity contribution is -0.253. The number of esters is 3. The van der Waals surface area contributed by atoms with Gasteiger partial charge in [-0.1, -0.05) is 64.5 Å². The van der Waals surface area contributed by atoms with Crippen molar-refractivity contribution >= 4 is 17.9 Å². The Hall–Kier alpha value is -2.75. The van der Waals surface area contributed by atoms with E-state index in [-0.39, 0.29) is 42.3 Å². The van der Waals surface area contributed by atoms with Gasteiger partial charge in [-0.2, -0.15) is 0 Å². The third-order valence-corrected chi connectivity index (χ3v) is 14.2. The Bertz CT molecular complexity index is 1440. The van der Waals surface area contributed by atoms with Crippen LogP contribution in [-0.4, -0.2) is 70.9 Å². The van der Waals surface area contributed by atoms with Crippen LogP contribution >= 0.6 is 0 Å². The molecule has 4 unspecified atom stereocenters. The molecule has 3 N–H and O–H groups in total. The summed E-state index contributed by atoms with van der Waals surface area (Å²) in [6.07, 6.45) is 12.3. The molecule has 5 rings (SSSR count). The van der Waals surface area contributed by atoms with Gasteiger partial charge in [0, 0.05) is 29.1 Å². The molecule has 0 aliphatic heterocycles. The lowest BCUT2D eigenvalue weighted by Gasteiger charge is -2.69. The highest BCUT2D eigenvalue weighted by Gasteiger charge is 2.70. The first-order valence-electron chi connectivity index (χ1n) is 18.6. The van der Waals surface area contributed by atoms with Crippen molar-refractivity contribution in [1.29, 1.82) is 0 Å². The molecule has 0 bridgehead atoms. The normalized spacial score (nSPS) is 43.7. The fourth-order valence-electron chi connectivity index (χ4n) is 11.7. The maximum atomic E-state index is 12.8. The number of aliphatic hydroxyl groups is 3. The first kappa shape index (κ1) is 38.5. The van der Waals surface area contributed by atoms with Crippen LogP contribution in [0.1, 0.15) is 100 Å². The van der Waals surface area contributed by atoms with Crippen molar-refractivity contribution in [2.45, 2.75) is 125 Å². The highest BCUT2D eigenvalue weighted by atomic mass is 16.6. The van der Waals surface area contributed by atoms with E-state index in [9.17, 15) is 29.7 Å². The minimum absolute atomic E-state index is 0.131. The number of hydrogen-bond donors (Lipinski definition) is 3. The van der Waals surface area contributed by atoms with Crippen molar-refractivity contribution in [3.63, 3.8) is 0 Å². The summed E-state index contributed by atoms with van der Waals surface area (Å²) in [5.74, 6) is -1.19. The van der Waals surface area contributed by atoms with Crippen molar-refractivity contribution in [3.05, 3.63) is 48.1 Å². The molecule has 0 aromatic rings. The van der Waals surface area contributed by atoms with Crippen LogP contribution in [0.4, 0.5) is 0 Å². The Morgan fingerprint density at radius 3 is 2.00 bits per heavy atom. The van der Waals surface area contributed by atoms with E-state index in [1.54, 1.807) is 39.0 Å². The Morgan fingerprint density at radius 1 is 0.780 bits per heavy atom. The first-order valence-corrected chi connectivity index (χ1v) is 18.6. The van der Waals surface area contributed by atoms with Gasteiger partial charge >= 0.3 is 17.9 Å². The molecule has 0 radical (unpaired) electrons. The number of fused-ring (bicyclic) bond motifs is 7. The molecule has 0 saturated heterocycles. The van der Waals surface area contributed by atoms with Gasteiger partial charge < -0.3 is 29.5 Å². The van der Waals surface area contributed by atoms with Crippen LogP contribution in [-0.2, 0) is 28.6 Å². The number of allylic oxidation sites excluding steroid dienone is 5. The molecule has 5 aliphatic rings. The monoisotopic (exact) mass is 696 g/mol. The fraction of sp³-hybridized carbons (Fsp3) is 0.732. The molecule has 4 saturated carbocycles. The van der Waals surface area contributed by atoms with E-state index in [4.69, 9.17) is 14.2 Å². The second-order valence-corrected chi connectivity index (χ2v) is 17.3. The average molecular weight is 697 g/mol. The number of carbonyl (C=O) groups is 3. The number of rotatable bonds is 8. The average Bonchev–Trinajstić information content (AvgIpc) is 3.04. The van der Waals surface area contributed by atoms with Crippen molar-refractivity contribution in [1.82, 2.24) is 0 Å². The smallest absolute Gasteiger partial charge is 0.330 e. The van der Waals surface area contributed by atoms with Crippen LogP contribution in [0.5, 0.6) is 0 Å². The molecule has 9 nitrogen and oxygen atoms in total. The predicted octanol–water partition coefficient (Wildman–Crippen LogP) is 6.02. The van der Waals surface area contributed by atoms with Crippen LogP contribution in [0.15, 0.2) is 48.1 Å². The van der Waals surface area contributed by atoms with E-state index in [1.807, 2.05) is 13.8 Å². The number of aliphatic hydroxyl groups excluding tert-OH is 3. The van der Waals surface area contributed by atoms with Crippen LogP contribution in [0.3, 0.4) is 0 Å². The zero-order valence-electron chi connectivity index (χ0n) is 31.3. The van der Waals surface area contributed by atoms with E-state index in [2.05, 4.69) is 26.8 Å². The Kier molecular flexibility index (Phi) is 10.8. The van der Waals surface area contributed by atoms with Gasteiger partial charge in [-0.25, -0.2) is 14.4 Å². The molecular formula is C41H60O9. The summed E-state index contributed by atoms with van der Waals surface area (Å²) in [4.78, 5) is 37.8. The van der Waals surface area contributed by atoms with E-state index in [1.165, 1.54) is 23.8 Å². The summed E-state index contributed by atoms with van der Waals surface area (Å²) in [5, 5.41) is 36.2. The van der Waals surface area contributed by atoms with Crippen LogP contribution in [0, 0.1) is 50.7 Å². The van der Waals surface area contributed by atoms with Gasteiger partial charge in [-0.3, -0.25) is 0 Å². The van der Waals surface area contributed by atoms with Crippen LogP contribution in [0.2, 0.25) is 0 Å². The highest BCUT2D eigenvalue weighted by Crippen LogP contribution is 2.71. The third-order valence-electron chi connectivity index (χ3n) is 14.2. The molecule has 12 atom stereocenters. The van der Waals surface area contributed by atoms with E-state index in [0.717, 1.165) is 25.7 Å². The SMILES string of the molecule is C/C=C/C(=O)OC[C@@]12C(CC(C)(C)[C@@H](OC(=O)/C=C/C)[C@@H]1O)C1=CCC3C(CCC4[C@]3(C)CC[C@H](O)[C@]4(C)COC(=O)/C=C/C)[C@]1(C)C[C@H]2O.